The van der Waals surface area contributed by atoms with E-state index < -0.39 is 23.5 Å². The molecule has 4 rings (SSSR count). The fourth-order valence-electron chi connectivity index (χ4n) is 5.13. The molecule has 2 aromatic carbocycles. The Morgan fingerprint density at radius 2 is 1.87 bits per heavy atom. The summed E-state index contributed by atoms with van der Waals surface area (Å²) in [6.07, 6.45) is 3.83. The van der Waals surface area contributed by atoms with Crippen LogP contribution in [0.2, 0.25) is 0 Å². The van der Waals surface area contributed by atoms with Gasteiger partial charge in [-0.3, -0.25) is 9.59 Å². The van der Waals surface area contributed by atoms with Crippen LogP contribution < -0.4 is 24.2 Å². The fourth-order valence-corrected chi connectivity index (χ4v) is 5.13. The number of amides is 1. The van der Waals surface area contributed by atoms with Crippen LogP contribution in [-0.2, 0) is 16.0 Å². The van der Waals surface area contributed by atoms with Crippen LogP contribution in [0.3, 0.4) is 0 Å². The van der Waals surface area contributed by atoms with E-state index in [0.29, 0.717) is 55.4 Å². The predicted octanol–water partition coefficient (Wildman–Crippen LogP) is 2.35. The number of hydrogen-bond acceptors (Lipinski definition) is 6. The van der Waals surface area contributed by atoms with Crippen molar-refractivity contribution < 1.29 is 33.8 Å². The van der Waals surface area contributed by atoms with Crippen LogP contribution in [0.5, 0.6) is 17.2 Å². The van der Waals surface area contributed by atoms with Gasteiger partial charge in [0.1, 0.15) is 11.9 Å². The summed E-state index contributed by atoms with van der Waals surface area (Å²) < 4.78 is 17.7. The number of fused-ring (bicyclic) bond motifs is 1. The van der Waals surface area contributed by atoms with E-state index in [1.165, 1.54) is 4.90 Å². The minimum atomic E-state index is -0.811. The van der Waals surface area contributed by atoms with Crippen LogP contribution in [0.1, 0.15) is 62.8 Å². The molecular weight excluding hydrogens is 496 g/mol. The second-order valence-electron chi connectivity index (χ2n) is 10.6. The van der Waals surface area contributed by atoms with Crippen LogP contribution in [0.15, 0.2) is 42.0 Å². The van der Waals surface area contributed by atoms with Gasteiger partial charge in [0.2, 0.25) is 5.78 Å². The molecule has 2 aliphatic rings. The number of nitrogens with one attached hydrogen (secondary N) is 1. The summed E-state index contributed by atoms with van der Waals surface area (Å²) in [5.74, 6) is 0.0608. The van der Waals surface area contributed by atoms with E-state index in [-0.39, 0.29) is 11.7 Å². The first kappa shape index (κ1) is 28.5. The van der Waals surface area contributed by atoms with E-state index in [0.717, 1.165) is 35.5 Å². The van der Waals surface area contributed by atoms with E-state index in [2.05, 4.69) is 6.92 Å². The zero-order valence-electron chi connectivity index (χ0n) is 23.7. The van der Waals surface area contributed by atoms with Crippen LogP contribution in [0.25, 0.3) is 5.76 Å². The quantitative estimate of drug-likeness (QED) is 0.194. The lowest BCUT2D eigenvalue weighted by Gasteiger charge is -2.28. The Hall–Kier alpha value is -3.52. The van der Waals surface area contributed by atoms with Gasteiger partial charge in [-0.2, -0.15) is 0 Å². The zero-order chi connectivity index (χ0) is 28.1. The first-order valence-corrected chi connectivity index (χ1v) is 14.0. The average Bonchev–Trinajstić information content (AvgIpc) is 3.40. The number of benzene rings is 2. The van der Waals surface area contributed by atoms with E-state index in [9.17, 15) is 14.7 Å². The number of ketones is 1. The van der Waals surface area contributed by atoms with Gasteiger partial charge in [-0.05, 0) is 61.2 Å². The molecule has 0 spiro atoms. The molecule has 0 aromatic heterocycles. The maximum atomic E-state index is 13.9. The van der Waals surface area contributed by atoms with E-state index in [4.69, 9.17) is 14.2 Å². The topological polar surface area (TPSA) is 92.6 Å². The van der Waals surface area contributed by atoms with Gasteiger partial charge in [0.05, 0.1) is 46.4 Å². The largest absolute Gasteiger partial charge is 0.872 e. The van der Waals surface area contributed by atoms with Crippen molar-refractivity contribution in [3.63, 3.8) is 0 Å². The van der Waals surface area contributed by atoms with Crippen LogP contribution in [0.4, 0.5) is 0 Å². The Bertz CT molecular complexity index is 1240. The van der Waals surface area contributed by atoms with Crippen molar-refractivity contribution in [1.82, 2.24) is 4.90 Å². The molecule has 0 aliphatic carbocycles. The van der Waals surface area contributed by atoms with Crippen molar-refractivity contribution in [3.8, 4) is 17.2 Å². The summed E-state index contributed by atoms with van der Waals surface area (Å²) in [4.78, 5) is 29.3. The standard InChI is InChI=1S/C31H40N2O6/c1-6-8-9-16-38-25-13-10-21(19-26(25)37-7-2)28-27(30(35)31(36)33(28)15-14-32(4)5)29(34)22-11-12-24-23(18-22)17-20(3)39-24/h10-13,18-20,28,34H,6-9,14-17H2,1-5H3. The smallest absolute Gasteiger partial charge is 0.295 e. The van der Waals surface area contributed by atoms with Gasteiger partial charge in [0.25, 0.3) is 5.91 Å². The Labute approximate surface area is 231 Å². The second-order valence-corrected chi connectivity index (χ2v) is 10.6. The van der Waals surface area contributed by atoms with Gasteiger partial charge in [0, 0.05) is 12.0 Å². The number of ether oxygens (including phenoxy) is 3. The SMILES string of the molecule is CCCCCOc1ccc(C2C(=C([O-])c3ccc4c(c3)CC(C)O4)C(=O)C(=O)N2CC[NH+](C)C)cc1OCC. The van der Waals surface area contributed by atoms with Crippen molar-refractivity contribution in [3.05, 3.63) is 58.7 Å². The van der Waals surface area contributed by atoms with Crippen LogP contribution in [-0.4, -0.2) is 63.1 Å². The molecule has 0 radical (unpaired) electrons. The normalized spacial score (nSPS) is 19.9. The monoisotopic (exact) mass is 536 g/mol. The first-order valence-electron chi connectivity index (χ1n) is 14.0. The van der Waals surface area contributed by atoms with Crippen molar-refractivity contribution in [2.75, 3.05) is 40.4 Å². The summed E-state index contributed by atoms with van der Waals surface area (Å²) in [6, 6.07) is 9.86. The molecular formula is C31H40N2O6. The summed E-state index contributed by atoms with van der Waals surface area (Å²) in [5, 5.41) is 13.9. The minimum absolute atomic E-state index is 0.0280. The highest BCUT2D eigenvalue weighted by Gasteiger charge is 2.44. The van der Waals surface area contributed by atoms with E-state index >= 15 is 0 Å². The van der Waals surface area contributed by atoms with Gasteiger partial charge in [-0.1, -0.05) is 37.7 Å². The number of carbonyl (C=O) groups excluding carboxylic acids is 2. The number of hydrogen-bond donors (Lipinski definition) is 1. The molecule has 2 atom stereocenters. The summed E-state index contributed by atoms with van der Waals surface area (Å²) in [7, 11) is 3.97. The van der Waals surface area contributed by atoms with Crippen molar-refractivity contribution >= 4 is 17.4 Å². The lowest BCUT2D eigenvalue weighted by Crippen LogP contribution is -3.06. The highest BCUT2D eigenvalue weighted by molar-refractivity contribution is 6.46. The lowest BCUT2D eigenvalue weighted by atomic mass is 9.94. The van der Waals surface area contributed by atoms with Gasteiger partial charge in [0.15, 0.2) is 11.5 Å². The molecule has 39 heavy (non-hydrogen) atoms. The Morgan fingerprint density at radius 1 is 1.08 bits per heavy atom. The van der Waals surface area contributed by atoms with Crippen LogP contribution in [0, 0.1) is 0 Å². The van der Waals surface area contributed by atoms with Gasteiger partial charge in [-0.15, -0.1) is 0 Å². The first-order chi connectivity index (χ1) is 18.7. The van der Waals surface area contributed by atoms with Gasteiger partial charge >= 0.3 is 0 Å². The maximum absolute atomic E-state index is 13.9. The molecule has 2 unspecified atom stereocenters. The average molecular weight is 537 g/mol. The Morgan fingerprint density at radius 3 is 2.59 bits per heavy atom. The summed E-state index contributed by atoms with van der Waals surface area (Å²) >= 11 is 0. The molecule has 2 aromatic rings. The number of nitrogens with zero attached hydrogens (tertiary/aromatic N) is 1. The highest BCUT2D eigenvalue weighted by Crippen LogP contribution is 2.42. The third kappa shape index (κ3) is 6.22. The minimum Gasteiger partial charge on any atom is -0.872 e. The lowest BCUT2D eigenvalue weighted by molar-refractivity contribution is -0.857. The second kappa shape index (κ2) is 12.6. The molecule has 1 saturated heterocycles. The Balaban J connectivity index is 1.77. The molecule has 1 amide bonds. The zero-order valence-corrected chi connectivity index (χ0v) is 23.7. The number of rotatable bonds is 12. The number of likely N-dealkylation sites (N-methyl/N-ethyl adjacent to an activating group) is 1. The molecule has 210 valence electrons. The molecule has 2 heterocycles. The number of Topliss-reactive ketones (excluding diaryl/α,β-unsaturated/α-hetero) is 1. The summed E-state index contributed by atoms with van der Waals surface area (Å²) in [5.41, 5.74) is 1.93. The van der Waals surface area contributed by atoms with E-state index in [1.54, 1.807) is 24.3 Å². The van der Waals surface area contributed by atoms with Crippen molar-refractivity contribution in [2.24, 2.45) is 0 Å². The molecule has 0 saturated carbocycles. The molecule has 8 heteroatoms. The van der Waals surface area contributed by atoms with Gasteiger partial charge < -0.3 is 29.1 Å². The Kier molecular flexibility index (Phi) is 9.17. The number of unbranched alkanes of at least 4 members (excludes halogenated alkanes) is 2. The third-order valence-corrected chi connectivity index (χ3v) is 7.13. The number of carbonyl (C=O) groups is 2. The molecule has 1 N–H and O–H groups in total. The van der Waals surface area contributed by atoms with E-state index in [1.807, 2.05) is 40.1 Å². The number of quaternary nitrogens is 1. The van der Waals surface area contributed by atoms with Crippen molar-refractivity contribution in [2.45, 2.75) is 58.6 Å². The molecule has 8 nitrogen and oxygen atoms in total. The van der Waals surface area contributed by atoms with Crippen LogP contribution >= 0.6 is 0 Å². The maximum Gasteiger partial charge on any atom is 0.295 e. The fraction of sp³-hybridized carbons (Fsp3) is 0.484. The highest BCUT2D eigenvalue weighted by atomic mass is 16.5. The molecule has 0 bridgehead atoms. The summed E-state index contributed by atoms with van der Waals surface area (Å²) in [6.45, 7) is 7.97. The molecule has 2 aliphatic heterocycles. The van der Waals surface area contributed by atoms with Crippen molar-refractivity contribution in [1.29, 1.82) is 0 Å². The van der Waals surface area contributed by atoms with Gasteiger partial charge in [-0.25, -0.2) is 0 Å². The predicted molar refractivity (Wildman–Crippen MR) is 147 cm³/mol. The molecule has 1 fully saturated rings. The number of likely N-dealkylation sites (tertiary alicyclic amines) is 1. The third-order valence-electron chi connectivity index (χ3n) is 7.13.